The lowest BCUT2D eigenvalue weighted by Gasteiger charge is -2.36. The van der Waals surface area contributed by atoms with Crippen LogP contribution in [0.1, 0.15) is 76.7 Å². The van der Waals surface area contributed by atoms with Crippen molar-refractivity contribution in [3.63, 3.8) is 0 Å². The van der Waals surface area contributed by atoms with Crippen LogP contribution in [-0.4, -0.2) is 30.7 Å². The van der Waals surface area contributed by atoms with Crippen LogP contribution >= 0.6 is 0 Å². The largest absolute Gasteiger partial charge is 0.507 e. The molecule has 0 spiro atoms. The Bertz CT molecular complexity index is 547. The number of ether oxygens (including phenoxy) is 3. The molecule has 0 amide bonds. The highest BCUT2D eigenvalue weighted by molar-refractivity contribution is 5.81. The van der Waals surface area contributed by atoms with Gasteiger partial charge in [0.05, 0.1) is 12.2 Å². The normalized spacial score (nSPS) is 16.6. The number of aromatic hydroxyl groups is 1. The van der Waals surface area contributed by atoms with Crippen molar-refractivity contribution in [3.05, 3.63) is 29.8 Å². The predicted octanol–water partition coefficient (Wildman–Crippen LogP) is 5.06. The number of hydrogen-bond donors (Lipinski definition) is 1. The Morgan fingerprint density at radius 1 is 0.926 bits per heavy atom. The van der Waals surface area contributed by atoms with E-state index in [4.69, 9.17) is 14.2 Å². The van der Waals surface area contributed by atoms with E-state index in [1.165, 1.54) is 51.4 Å². The Balaban J connectivity index is 1.70. The molecular formula is C22H34O5. The van der Waals surface area contributed by atoms with Gasteiger partial charge in [-0.2, -0.15) is 0 Å². The summed E-state index contributed by atoms with van der Waals surface area (Å²) in [5.41, 5.74) is 0.407. The zero-order chi connectivity index (χ0) is 19.4. The molecule has 0 unspecified atom stereocenters. The minimum absolute atomic E-state index is 0.0370. The second kappa shape index (κ2) is 12.1. The van der Waals surface area contributed by atoms with Gasteiger partial charge in [0.1, 0.15) is 19.0 Å². The second-order valence-electron chi connectivity index (χ2n) is 7.22. The highest BCUT2D eigenvalue weighted by Gasteiger charge is 2.42. The number of hydrogen-bond acceptors (Lipinski definition) is 5. The Labute approximate surface area is 163 Å². The van der Waals surface area contributed by atoms with Gasteiger partial charge in [-0.25, -0.2) is 0 Å². The third-order valence-electron chi connectivity index (χ3n) is 4.87. The van der Waals surface area contributed by atoms with Crippen molar-refractivity contribution in [2.75, 3.05) is 19.8 Å². The molecule has 5 nitrogen and oxygen atoms in total. The summed E-state index contributed by atoms with van der Waals surface area (Å²) >= 11 is 0. The fourth-order valence-corrected chi connectivity index (χ4v) is 3.28. The molecule has 2 rings (SSSR count). The van der Waals surface area contributed by atoms with E-state index in [1.54, 1.807) is 24.3 Å². The maximum atomic E-state index is 11.5. The Morgan fingerprint density at radius 3 is 2.07 bits per heavy atom. The molecule has 1 aliphatic rings. The monoisotopic (exact) mass is 378 g/mol. The highest BCUT2D eigenvalue weighted by atomic mass is 16.9. The number of phenolic OH excluding ortho intramolecular Hbond substituents is 1. The first-order valence-electron chi connectivity index (χ1n) is 10.4. The Kier molecular flexibility index (Phi) is 9.81. The van der Waals surface area contributed by atoms with Crippen molar-refractivity contribution < 1.29 is 24.1 Å². The summed E-state index contributed by atoms with van der Waals surface area (Å²) in [6.07, 6.45) is 12.4. The molecule has 1 fully saturated rings. The van der Waals surface area contributed by atoms with Crippen molar-refractivity contribution in [2.24, 2.45) is 0 Å². The zero-order valence-corrected chi connectivity index (χ0v) is 16.6. The maximum absolute atomic E-state index is 11.5. The van der Waals surface area contributed by atoms with Gasteiger partial charge in [0, 0.05) is 0 Å². The SMILES string of the molecule is CCCCCCCCCCCCOC1(c2ccccc2O)OCC(=O)CO1. The first-order valence-corrected chi connectivity index (χ1v) is 10.4. The summed E-state index contributed by atoms with van der Waals surface area (Å²) in [4.78, 5) is 11.5. The predicted molar refractivity (Wildman–Crippen MR) is 104 cm³/mol. The van der Waals surface area contributed by atoms with E-state index in [1.807, 2.05) is 0 Å². The lowest BCUT2D eigenvalue weighted by Crippen LogP contribution is -2.44. The molecule has 0 atom stereocenters. The average Bonchev–Trinajstić information content (AvgIpc) is 2.68. The number of Topliss-reactive ketones (excluding diaryl/α,β-unsaturated/α-hetero) is 1. The number of para-hydroxylation sites is 1. The van der Waals surface area contributed by atoms with Crippen LogP contribution in [0.25, 0.3) is 0 Å². The van der Waals surface area contributed by atoms with Crippen molar-refractivity contribution in [1.29, 1.82) is 0 Å². The van der Waals surface area contributed by atoms with Crippen LogP contribution in [0.5, 0.6) is 5.75 Å². The summed E-state index contributed by atoms with van der Waals surface area (Å²) in [5, 5.41) is 10.1. The van der Waals surface area contributed by atoms with E-state index in [0.717, 1.165) is 12.8 Å². The molecule has 0 saturated carbocycles. The van der Waals surface area contributed by atoms with Crippen molar-refractivity contribution in [2.45, 2.75) is 77.1 Å². The third kappa shape index (κ3) is 7.24. The van der Waals surface area contributed by atoms with Gasteiger partial charge in [0.25, 0.3) is 0 Å². The molecule has 1 aromatic carbocycles. The van der Waals surface area contributed by atoms with Gasteiger partial charge in [0.15, 0.2) is 5.78 Å². The van der Waals surface area contributed by atoms with Crippen LogP contribution in [-0.2, 0) is 25.0 Å². The van der Waals surface area contributed by atoms with E-state index in [0.29, 0.717) is 12.2 Å². The van der Waals surface area contributed by atoms with Gasteiger partial charge in [0.2, 0.25) is 0 Å². The van der Waals surface area contributed by atoms with Crippen molar-refractivity contribution in [3.8, 4) is 5.75 Å². The van der Waals surface area contributed by atoms with Gasteiger partial charge < -0.3 is 19.3 Å². The molecular weight excluding hydrogens is 344 g/mol. The first kappa shape index (κ1) is 21.9. The fourth-order valence-electron chi connectivity index (χ4n) is 3.28. The molecule has 0 aromatic heterocycles. The maximum Gasteiger partial charge on any atom is 0.316 e. The van der Waals surface area contributed by atoms with Crippen molar-refractivity contribution in [1.82, 2.24) is 0 Å². The summed E-state index contributed by atoms with van der Waals surface area (Å²) < 4.78 is 17.1. The lowest BCUT2D eigenvalue weighted by molar-refractivity contribution is -0.399. The van der Waals surface area contributed by atoms with Gasteiger partial charge in [-0.3, -0.25) is 4.79 Å². The molecule has 1 saturated heterocycles. The van der Waals surface area contributed by atoms with Gasteiger partial charge in [-0.15, -0.1) is 0 Å². The smallest absolute Gasteiger partial charge is 0.316 e. The summed E-state index contributed by atoms with van der Waals surface area (Å²) in [7, 11) is 0. The van der Waals surface area contributed by atoms with Crippen molar-refractivity contribution >= 4 is 5.78 Å². The van der Waals surface area contributed by atoms with Crippen LogP contribution < -0.4 is 0 Å². The van der Waals surface area contributed by atoms with Crippen LogP contribution in [0.4, 0.5) is 0 Å². The summed E-state index contributed by atoms with van der Waals surface area (Å²) in [6, 6.07) is 6.76. The number of unbranched alkanes of at least 4 members (excludes halogenated alkanes) is 9. The number of phenols is 1. The topological polar surface area (TPSA) is 65.0 Å². The number of rotatable bonds is 13. The molecule has 1 N–H and O–H groups in total. The van der Waals surface area contributed by atoms with Crippen LogP contribution in [0, 0.1) is 0 Å². The Morgan fingerprint density at radius 2 is 1.48 bits per heavy atom. The van der Waals surface area contributed by atoms with Crippen LogP contribution in [0.15, 0.2) is 24.3 Å². The van der Waals surface area contributed by atoms with Gasteiger partial charge >= 0.3 is 5.97 Å². The highest BCUT2D eigenvalue weighted by Crippen LogP contribution is 2.36. The zero-order valence-electron chi connectivity index (χ0n) is 16.6. The van der Waals surface area contributed by atoms with E-state index in [9.17, 15) is 9.90 Å². The molecule has 1 heterocycles. The molecule has 5 heteroatoms. The van der Waals surface area contributed by atoms with E-state index in [2.05, 4.69) is 6.92 Å². The molecule has 152 valence electrons. The summed E-state index contributed by atoms with van der Waals surface area (Å²) in [6.45, 7) is 2.55. The molecule has 27 heavy (non-hydrogen) atoms. The lowest BCUT2D eigenvalue weighted by atomic mass is 10.1. The number of ketones is 1. The first-order chi connectivity index (χ1) is 13.2. The third-order valence-corrected chi connectivity index (χ3v) is 4.87. The number of carbonyl (C=O) groups is 1. The minimum atomic E-state index is -1.49. The van der Waals surface area contributed by atoms with Crippen LogP contribution in [0.2, 0.25) is 0 Å². The number of carbonyl (C=O) groups excluding carboxylic acids is 1. The average molecular weight is 379 g/mol. The quantitative estimate of drug-likeness (QED) is 0.486. The molecule has 1 aliphatic heterocycles. The van der Waals surface area contributed by atoms with E-state index in [-0.39, 0.29) is 24.7 Å². The van der Waals surface area contributed by atoms with E-state index < -0.39 is 5.97 Å². The van der Waals surface area contributed by atoms with Gasteiger partial charge in [-0.1, -0.05) is 76.8 Å². The Hall–Kier alpha value is -1.43. The minimum Gasteiger partial charge on any atom is -0.507 e. The van der Waals surface area contributed by atoms with Gasteiger partial charge in [-0.05, 0) is 18.6 Å². The standard InChI is InChI=1S/C22H34O5/c1-2-3-4-5-6-7-8-9-10-13-16-25-22(26-17-19(23)18-27-22)20-14-11-12-15-21(20)24/h11-12,14-15,24H,2-10,13,16-18H2,1H3. The molecule has 0 aliphatic carbocycles. The molecule has 1 aromatic rings. The van der Waals surface area contributed by atoms with Crippen LogP contribution in [0.3, 0.4) is 0 Å². The second-order valence-corrected chi connectivity index (χ2v) is 7.22. The molecule has 0 bridgehead atoms. The number of benzene rings is 1. The van der Waals surface area contributed by atoms with E-state index >= 15 is 0 Å². The summed E-state index contributed by atoms with van der Waals surface area (Å²) in [5.74, 6) is -1.59. The fraction of sp³-hybridized carbons (Fsp3) is 0.682. The molecule has 0 radical (unpaired) electrons.